The van der Waals surface area contributed by atoms with Gasteiger partial charge in [0.2, 0.25) is 6.08 Å². The van der Waals surface area contributed by atoms with Crippen molar-refractivity contribution in [3.8, 4) is 0 Å². The van der Waals surface area contributed by atoms with Gasteiger partial charge >= 0.3 is 0 Å². The van der Waals surface area contributed by atoms with Crippen molar-refractivity contribution in [2.75, 3.05) is 0 Å². The number of aromatic amines is 1. The molecule has 1 aromatic carbocycles. The van der Waals surface area contributed by atoms with Crippen LogP contribution in [0.15, 0.2) is 23.2 Å². The van der Waals surface area contributed by atoms with Crippen molar-refractivity contribution in [3.63, 3.8) is 0 Å². The fourth-order valence-corrected chi connectivity index (χ4v) is 3.26. The number of benzene rings is 1. The fraction of sp³-hybridized carbons (Fsp3) is 0.438. The van der Waals surface area contributed by atoms with Gasteiger partial charge in [-0.3, -0.25) is 0 Å². The lowest BCUT2D eigenvalue weighted by molar-refractivity contribution is 0.456. The van der Waals surface area contributed by atoms with Gasteiger partial charge in [0.1, 0.15) is 0 Å². The maximum Gasteiger partial charge on any atom is 0.235 e. The zero-order valence-electron chi connectivity index (χ0n) is 11.4. The summed E-state index contributed by atoms with van der Waals surface area (Å²) < 4.78 is 0. The average Bonchev–Trinajstić information content (AvgIpc) is 2.98. The Bertz CT molecular complexity index is 671. The first-order valence-corrected chi connectivity index (χ1v) is 6.85. The Morgan fingerprint density at radius 3 is 2.68 bits per heavy atom. The van der Waals surface area contributed by atoms with E-state index in [9.17, 15) is 4.79 Å². The first-order chi connectivity index (χ1) is 9.16. The molecular formula is C16H18N2O. The van der Waals surface area contributed by atoms with Gasteiger partial charge in [0, 0.05) is 16.6 Å². The number of nitrogens with zero attached hydrogens (tertiary/aromatic N) is 1. The first-order valence-electron chi connectivity index (χ1n) is 6.85. The maximum atomic E-state index is 10.8. The summed E-state index contributed by atoms with van der Waals surface area (Å²) in [5, 5.41) is 1.24. The molecule has 1 aliphatic carbocycles. The molecule has 0 unspecified atom stereocenters. The third-order valence-corrected chi connectivity index (χ3v) is 4.54. The molecule has 0 bridgehead atoms. The van der Waals surface area contributed by atoms with Gasteiger partial charge in [0.05, 0.1) is 5.54 Å². The summed E-state index contributed by atoms with van der Waals surface area (Å²) in [5.41, 5.74) is 4.46. The van der Waals surface area contributed by atoms with Gasteiger partial charge in [-0.05, 0) is 49.9 Å². The number of aryl methyl sites for hydroxylation is 2. The number of fused-ring (bicyclic) bond motifs is 1. The molecule has 2 aromatic rings. The highest BCUT2D eigenvalue weighted by Crippen LogP contribution is 2.43. The summed E-state index contributed by atoms with van der Waals surface area (Å²) in [6, 6.07) is 6.40. The molecule has 1 N–H and O–H groups in total. The number of H-pyrrole nitrogens is 1. The molecule has 1 aromatic heterocycles. The third kappa shape index (κ3) is 1.82. The summed E-state index contributed by atoms with van der Waals surface area (Å²) in [7, 11) is 0. The lowest BCUT2D eigenvalue weighted by Crippen LogP contribution is -2.18. The Kier molecular flexibility index (Phi) is 2.79. The summed E-state index contributed by atoms with van der Waals surface area (Å²) in [4.78, 5) is 18.3. The molecule has 1 saturated carbocycles. The number of isocyanates is 1. The minimum absolute atomic E-state index is 0.326. The van der Waals surface area contributed by atoms with E-state index in [4.69, 9.17) is 0 Å². The summed E-state index contributed by atoms with van der Waals surface area (Å²) in [6.45, 7) is 4.21. The number of aliphatic imine (C=N–C) groups is 1. The quantitative estimate of drug-likeness (QED) is 0.641. The highest BCUT2D eigenvalue weighted by Gasteiger charge is 2.35. The molecule has 0 radical (unpaired) electrons. The smallest absolute Gasteiger partial charge is 0.235 e. The van der Waals surface area contributed by atoms with Crippen LogP contribution < -0.4 is 0 Å². The molecular weight excluding hydrogens is 236 g/mol. The Balaban J connectivity index is 2.19. The summed E-state index contributed by atoms with van der Waals surface area (Å²) in [5.74, 6) is 0. The lowest BCUT2D eigenvalue weighted by Gasteiger charge is -2.22. The number of hydrogen-bond acceptors (Lipinski definition) is 2. The van der Waals surface area contributed by atoms with E-state index in [1.165, 1.54) is 16.6 Å². The van der Waals surface area contributed by atoms with Crippen molar-refractivity contribution in [2.24, 2.45) is 4.99 Å². The second kappa shape index (κ2) is 4.36. The van der Waals surface area contributed by atoms with Crippen LogP contribution in [0.4, 0.5) is 0 Å². The third-order valence-electron chi connectivity index (χ3n) is 4.54. The predicted molar refractivity (Wildman–Crippen MR) is 76.0 cm³/mol. The molecule has 1 fully saturated rings. The van der Waals surface area contributed by atoms with Crippen LogP contribution in [-0.4, -0.2) is 11.1 Å². The molecule has 0 saturated heterocycles. The van der Waals surface area contributed by atoms with Crippen LogP contribution in [0.3, 0.4) is 0 Å². The standard InChI is InChI=1S/C16H18N2O/c1-11-12(2)18-15-6-5-13(9-14(11)15)16(17-10-19)7-3-4-8-16/h5-6,9,18H,3-4,7-8H2,1-2H3. The van der Waals surface area contributed by atoms with Gasteiger partial charge in [-0.1, -0.05) is 18.9 Å². The average molecular weight is 254 g/mol. The van der Waals surface area contributed by atoms with Gasteiger partial charge < -0.3 is 4.98 Å². The van der Waals surface area contributed by atoms with Crippen LogP contribution in [0.25, 0.3) is 10.9 Å². The number of aromatic nitrogens is 1. The van der Waals surface area contributed by atoms with Crippen LogP contribution in [0, 0.1) is 13.8 Å². The van der Waals surface area contributed by atoms with Gasteiger partial charge in [-0.2, -0.15) is 4.99 Å². The van der Waals surface area contributed by atoms with Gasteiger partial charge in [-0.25, -0.2) is 4.79 Å². The van der Waals surface area contributed by atoms with Crippen molar-refractivity contribution >= 4 is 17.0 Å². The lowest BCUT2D eigenvalue weighted by atomic mass is 9.88. The number of hydrogen-bond donors (Lipinski definition) is 1. The normalized spacial score (nSPS) is 17.6. The van der Waals surface area contributed by atoms with Crippen LogP contribution >= 0.6 is 0 Å². The van der Waals surface area contributed by atoms with Crippen molar-refractivity contribution in [2.45, 2.75) is 45.1 Å². The molecule has 1 heterocycles. The summed E-state index contributed by atoms with van der Waals surface area (Å²) in [6.07, 6.45) is 5.96. The topological polar surface area (TPSA) is 45.2 Å². The zero-order chi connectivity index (χ0) is 13.5. The van der Waals surface area contributed by atoms with Gasteiger partial charge in [0.15, 0.2) is 0 Å². The fourth-order valence-electron chi connectivity index (χ4n) is 3.26. The monoisotopic (exact) mass is 254 g/mol. The van der Waals surface area contributed by atoms with E-state index >= 15 is 0 Å². The molecule has 0 amide bonds. The SMILES string of the molecule is Cc1[nH]c2ccc(C3(N=C=O)CCCC3)cc2c1C. The van der Waals surface area contributed by atoms with Crippen molar-refractivity contribution in [3.05, 3.63) is 35.0 Å². The number of carbonyl (C=O) groups excluding carboxylic acids is 1. The highest BCUT2D eigenvalue weighted by molar-refractivity contribution is 5.85. The van der Waals surface area contributed by atoms with E-state index in [2.05, 4.69) is 42.0 Å². The summed E-state index contributed by atoms with van der Waals surface area (Å²) >= 11 is 0. The van der Waals surface area contributed by atoms with E-state index in [-0.39, 0.29) is 5.54 Å². The molecule has 0 aliphatic heterocycles. The second-order valence-corrected chi connectivity index (χ2v) is 5.58. The van der Waals surface area contributed by atoms with Crippen LogP contribution in [0.2, 0.25) is 0 Å². The van der Waals surface area contributed by atoms with E-state index in [1.54, 1.807) is 6.08 Å². The van der Waals surface area contributed by atoms with Crippen LogP contribution in [-0.2, 0) is 10.3 Å². The Hall–Kier alpha value is -1.86. The number of rotatable bonds is 2. The second-order valence-electron chi connectivity index (χ2n) is 5.58. The van der Waals surface area contributed by atoms with Gasteiger partial charge in [-0.15, -0.1) is 0 Å². The van der Waals surface area contributed by atoms with E-state index in [0.29, 0.717) is 0 Å². The molecule has 3 nitrogen and oxygen atoms in total. The van der Waals surface area contributed by atoms with E-state index < -0.39 is 0 Å². The van der Waals surface area contributed by atoms with Crippen molar-refractivity contribution < 1.29 is 4.79 Å². The zero-order valence-corrected chi connectivity index (χ0v) is 11.4. The minimum atomic E-state index is -0.326. The number of nitrogens with one attached hydrogen (secondary N) is 1. The molecule has 1 aliphatic rings. The largest absolute Gasteiger partial charge is 0.358 e. The Labute approximate surface area is 112 Å². The van der Waals surface area contributed by atoms with Crippen molar-refractivity contribution in [1.82, 2.24) is 4.98 Å². The van der Waals surface area contributed by atoms with Gasteiger partial charge in [0.25, 0.3) is 0 Å². The molecule has 3 heteroatoms. The molecule has 0 spiro atoms. The van der Waals surface area contributed by atoms with Crippen molar-refractivity contribution in [1.29, 1.82) is 0 Å². The van der Waals surface area contributed by atoms with Crippen LogP contribution in [0.1, 0.15) is 42.5 Å². The first kappa shape index (κ1) is 12.2. The minimum Gasteiger partial charge on any atom is -0.358 e. The van der Waals surface area contributed by atoms with E-state index in [1.807, 2.05) is 0 Å². The van der Waals surface area contributed by atoms with E-state index in [0.717, 1.165) is 36.8 Å². The van der Waals surface area contributed by atoms with Crippen LogP contribution in [0.5, 0.6) is 0 Å². The predicted octanol–water partition coefficient (Wildman–Crippen LogP) is 3.89. The molecule has 0 atom stereocenters. The Morgan fingerprint density at radius 1 is 1.26 bits per heavy atom. The highest BCUT2D eigenvalue weighted by atomic mass is 16.1. The molecule has 19 heavy (non-hydrogen) atoms. The Morgan fingerprint density at radius 2 is 2.00 bits per heavy atom. The maximum absolute atomic E-state index is 10.8. The molecule has 98 valence electrons. The molecule has 3 rings (SSSR count).